The van der Waals surface area contributed by atoms with E-state index >= 15 is 0 Å². The second kappa shape index (κ2) is 7.09. The molecule has 2 rings (SSSR count). The van der Waals surface area contributed by atoms with Crippen molar-refractivity contribution in [2.24, 2.45) is 0 Å². The Hall–Kier alpha value is -1.62. The van der Waals surface area contributed by atoms with Crippen LogP contribution in [0.2, 0.25) is 0 Å². The van der Waals surface area contributed by atoms with Crippen LogP contribution in [0, 0.1) is 6.92 Å². The van der Waals surface area contributed by atoms with Crippen LogP contribution in [0.3, 0.4) is 0 Å². The van der Waals surface area contributed by atoms with E-state index in [4.69, 9.17) is 4.74 Å². The second-order valence-corrected chi connectivity index (χ2v) is 6.97. The van der Waals surface area contributed by atoms with Gasteiger partial charge in [0.25, 0.3) is 0 Å². The zero-order valence-corrected chi connectivity index (χ0v) is 14.1. The van der Waals surface area contributed by atoms with E-state index < -0.39 is 5.60 Å². The third kappa shape index (κ3) is 5.30. The number of aryl methyl sites for hydroxylation is 1. The number of aromatic nitrogens is 1. The van der Waals surface area contributed by atoms with Gasteiger partial charge < -0.3 is 9.64 Å². The molecule has 1 saturated heterocycles. The van der Waals surface area contributed by atoms with Crippen molar-refractivity contribution in [1.29, 1.82) is 0 Å². The van der Waals surface area contributed by atoms with Crippen molar-refractivity contribution >= 4 is 6.09 Å². The number of carbonyl (C=O) groups is 1. The van der Waals surface area contributed by atoms with Gasteiger partial charge in [-0.05, 0) is 45.2 Å². The summed E-state index contributed by atoms with van der Waals surface area (Å²) in [5, 5.41) is 0. The first-order chi connectivity index (χ1) is 10.3. The first-order valence-electron chi connectivity index (χ1n) is 7.94. The van der Waals surface area contributed by atoms with Gasteiger partial charge in [-0.2, -0.15) is 0 Å². The zero-order valence-electron chi connectivity index (χ0n) is 14.1. The van der Waals surface area contributed by atoms with E-state index in [-0.39, 0.29) is 6.09 Å². The Bertz CT molecular complexity index is 511. The summed E-state index contributed by atoms with van der Waals surface area (Å²) in [5.74, 6) is 0. The van der Waals surface area contributed by atoms with E-state index in [2.05, 4.69) is 22.9 Å². The first kappa shape index (κ1) is 16.7. The Labute approximate surface area is 133 Å². The molecule has 2 heterocycles. The van der Waals surface area contributed by atoms with Gasteiger partial charge in [0.15, 0.2) is 0 Å². The van der Waals surface area contributed by atoms with E-state index in [0.29, 0.717) is 6.54 Å². The highest BCUT2D eigenvalue weighted by molar-refractivity contribution is 5.68. The fraction of sp³-hybridized carbons (Fsp3) is 0.647. The number of hydrogen-bond acceptors (Lipinski definition) is 4. The van der Waals surface area contributed by atoms with Crippen LogP contribution in [-0.2, 0) is 11.3 Å². The molecule has 0 unspecified atom stereocenters. The molecule has 0 saturated carbocycles. The van der Waals surface area contributed by atoms with Crippen LogP contribution in [0.4, 0.5) is 4.79 Å². The summed E-state index contributed by atoms with van der Waals surface area (Å²) in [6.45, 7) is 12.0. The Kier molecular flexibility index (Phi) is 5.40. The van der Waals surface area contributed by atoms with Gasteiger partial charge in [0.1, 0.15) is 5.60 Å². The molecule has 0 N–H and O–H groups in total. The fourth-order valence-electron chi connectivity index (χ4n) is 2.60. The first-order valence-corrected chi connectivity index (χ1v) is 7.94. The molecule has 0 aromatic carbocycles. The number of pyridine rings is 1. The summed E-state index contributed by atoms with van der Waals surface area (Å²) in [6, 6.07) is 2.17. The average Bonchev–Trinajstić information content (AvgIpc) is 2.62. The van der Waals surface area contributed by atoms with Crippen molar-refractivity contribution < 1.29 is 9.53 Å². The molecule has 0 spiro atoms. The quantitative estimate of drug-likeness (QED) is 0.843. The number of rotatable bonds is 2. The minimum absolute atomic E-state index is 0.202. The summed E-state index contributed by atoms with van der Waals surface area (Å²) in [7, 11) is 0. The van der Waals surface area contributed by atoms with Crippen LogP contribution in [0.5, 0.6) is 0 Å². The van der Waals surface area contributed by atoms with E-state index in [0.717, 1.165) is 32.6 Å². The molecular formula is C17H27N3O2. The van der Waals surface area contributed by atoms with Crippen LogP contribution in [0.1, 0.15) is 38.3 Å². The van der Waals surface area contributed by atoms with Gasteiger partial charge in [-0.3, -0.25) is 9.88 Å². The topological polar surface area (TPSA) is 45.7 Å². The number of nitrogens with zero attached hydrogens (tertiary/aromatic N) is 3. The molecular weight excluding hydrogens is 278 g/mol. The lowest BCUT2D eigenvalue weighted by atomic mass is 10.2. The summed E-state index contributed by atoms with van der Waals surface area (Å²) >= 11 is 0. The van der Waals surface area contributed by atoms with Gasteiger partial charge in [0.05, 0.1) is 0 Å². The van der Waals surface area contributed by atoms with E-state index in [1.807, 2.05) is 38.1 Å². The summed E-state index contributed by atoms with van der Waals surface area (Å²) < 4.78 is 5.46. The fourth-order valence-corrected chi connectivity index (χ4v) is 2.60. The molecule has 1 aliphatic heterocycles. The second-order valence-electron chi connectivity index (χ2n) is 6.97. The highest BCUT2D eigenvalue weighted by atomic mass is 16.6. The Balaban J connectivity index is 1.88. The van der Waals surface area contributed by atoms with Crippen molar-refractivity contribution in [3.05, 3.63) is 29.6 Å². The molecule has 0 aliphatic carbocycles. The van der Waals surface area contributed by atoms with Crippen LogP contribution in [-0.4, -0.2) is 52.7 Å². The molecule has 1 amide bonds. The van der Waals surface area contributed by atoms with Gasteiger partial charge in [-0.25, -0.2) is 4.79 Å². The maximum atomic E-state index is 12.2. The van der Waals surface area contributed by atoms with Gasteiger partial charge in [-0.1, -0.05) is 6.07 Å². The van der Waals surface area contributed by atoms with Gasteiger partial charge in [-0.15, -0.1) is 0 Å². The molecule has 0 atom stereocenters. The molecule has 0 bridgehead atoms. The lowest BCUT2D eigenvalue weighted by Crippen LogP contribution is -2.39. The Morgan fingerprint density at radius 3 is 2.68 bits per heavy atom. The van der Waals surface area contributed by atoms with Crippen LogP contribution in [0.25, 0.3) is 0 Å². The monoisotopic (exact) mass is 305 g/mol. The highest BCUT2D eigenvalue weighted by Gasteiger charge is 2.24. The van der Waals surface area contributed by atoms with Gasteiger partial charge in [0.2, 0.25) is 0 Å². The molecule has 122 valence electrons. The molecule has 0 radical (unpaired) electrons. The summed E-state index contributed by atoms with van der Waals surface area (Å²) in [4.78, 5) is 20.6. The average molecular weight is 305 g/mol. The third-order valence-corrected chi connectivity index (χ3v) is 3.58. The largest absolute Gasteiger partial charge is 0.444 e. The number of carbonyl (C=O) groups excluding carboxylic acids is 1. The van der Waals surface area contributed by atoms with Gasteiger partial charge in [0, 0.05) is 45.1 Å². The Morgan fingerprint density at radius 1 is 1.23 bits per heavy atom. The lowest BCUT2D eigenvalue weighted by molar-refractivity contribution is 0.0257. The zero-order chi connectivity index (χ0) is 16.2. The van der Waals surface area contributed by atoms with Crippen molar-refractivity contribution in [3.8, 4) is 0 Å². The molecule has 5 nitrogen and oxygen atoms in total. The summed E-state index contributed by atoms with van der Waals surface area (Å²) in [5.41, 5.74) is 1.98. The predicted octanol–water partition coefficient (Wildman–Crippen LogP) is 2.83. The number of ether oxygens (including phenoxy) is 1. The smallest absolute Gasteiger partial charge is 0.410 e. The number of amides is 1. The number of hydrogen-bond donors (Lipinski definition) is 0. The predicted molar refractivity (Wildman–Crippen MR) is 86.7 cm³/mol. The Morgan fingerprint density at radius 2 is 2.00 bits per heavy atom. The maximum Gasteiger partial charge on any atom is 0.410 e. The minimum atomic E-state index is -0.434. The van der Waals surface area contributed by atoms with Crippen molar-refractivity contribution in [3.63, 3.8) is 0 Å². The molecule has 1 aromatic rings. The normalized spacial score (nSPS) is 17.2. The van der Waals surface area contributed by atoms with E-state index in [1.165, 1.54) is 11.1 Å². The van der Waals surface area contributed by atoms with E-state index in [1.54, 1.807) is 0 Å². The highest BCUT2D eigenvalue weighted by Crippen LogP contribution is 2.13. The minimum Gasteiger partial charge on any atom is -0.444 e. The van der Waals surface area contributed by atoms with Crippen LogP contribution < -0.4 is 0 Å². The SMILES string of the molecule is Cc1cncc(CN2CCCN(C(=O)OC(C)(C)C)CC2)c1. The molecule has 1 fully saturated rings. The third-order valence-electron chi connectivity index (χ3n) is 3.58. The molecule has 22 heavy (non-hydrogen) atoms. The van der Waals surface area contributed by atoms with Gasteiger partial charge >= 0.3 is 6.09 Å². The maximum absolute atomic E-state index is 12.2. The van der Waals surface area contributed by atoms with Crippen LogP contribution in [0.15, 0.2) is 18.5 Å². The lowest BCUT2D eigenvalue weighted by Gasteiger charge is -2.26. The summed E-state index contributed by atoms with van der Waals surface area (Å²) in [6.07, 6.45) is 4.56. The molecule has 1 aromatic heterocycles. The molecule has 5 heteroatoms. The molecule has 1 aliphatic rings. The van der Waals surface area contributed by atoms with E-state index in [9.17, 15) is 4.79 Å². The van der Waals surface area contributed by atoms with Crippen molar-refractivity contribution in [1.82, 2.24) is 14.8 Å². The van der Waals surface area contributed by atoms with Crippen LogP contribution >= 0.6 is 0 Å². The van der Waals surface area contributed by atoms with Crippen molar-refractivity contribution in [2.75, 3.05) is 26.2 Å². The standard InChI is InChI=1S/C17H27N3O2/c1-14-10-15(12-18-11-14)13-19-6-5-7-20(9-8-19)16(21)22-17(2,3)4/h10-12H,5-9,13H2,1-4H3. The van der Waals surface area contributed by atoms with Crippen molar-refractivity contribution in [2.45, 2.75) is 46.3 Å².